The van der Waals surface area contributed by atoms with Crippen molar-refractivity contribution >= 4 is 26.2 Å². The second-order valence-electron chi connectivity index (χ2n) is 7.12. The molecule has 7 nitrogen and oxygen atoms in total. The molecule has 0 bridgehead atoms. The maximum absolute atomic E-state index is 11.7. The zero-order valence-electron chi connectivity index (χ0n) is 14.6. The summed E-state index contributed by atoms with van der Waals surface area (Å²) in [4.78, 5) is 10.6. The van der Waals surface area contributed by atoms with Crippen LogP contribution in [0.2, 0.25) is 0 Å². The summed E-state index contributed by atoms with van der Waals surface area (Å²) in [6, 6.07) is 0. The van der Waals surface area contributed by atoms with E-state index in [0.717, 1.165) is 25.8 Å². The molecule has 0 saturated carbocycles. The lowest BCUT2D eigenvalue weighted by Gasteiger charge is -2.35. The second kappa shape index (κ2) is 8.73. The summed E-state index contributed by atoms with van der Waals surface area (Å²) in [5.41, 5.74) is 0. The molecular weight excluding hydrogens is 354 g/mol. The van der Waals surface area contributed by atoms with E-state index in [2.05, 4.69) is 0 Å². The lowest BCUT2D eigenvalue weighted by atomic mass is 9.96. The van der Waals surface area contributed by atoms with Gasteiger partial charge in [-0.2, -0.15) is 8.42 Å². The van der Waals surface area contributed by atoms with Crippen LogP contribution in [0.15, 0.2) is 0 Å². The van der Waals surface area contributed by atoms with E-state index in [1.54, 1.807) is 0 Å². The second-order valence-corrected chi connectivity index (χ2v) is 10.9. The van der Waals surface area contributed by atoms with Crippen molar-refractivity contribution in [1.29, 1.82) is 0 Å². The van der Waals surface area contributed by atoms with Gasteiger partial charge in [0.2, 0.25) is 0 Å². The predicted molar refractivity (Wildman–Crippen MR) is 93.0 cm³/mol. The Balaban J connectivity index is 2.85. The molecule has 1 aliphatic heterocycles. The largest absolute Gasteiger partial charge is 0.323 e. The van der Waals surface area contributed by atoms with Gasteiger partial charge >= 0.3 is 0 Å². The van der Waals surface area contributed by atoms with Crippen LogP contribution in [0.25, 0.3) is 0 Å². The Morgan fingerprint density at radius 3 is 2.17 bits per heavy atom. The number of hydrogen-bond acceptors (Lipinski definition) is 5. The number of quaternary nitrogens is 1. The third-order valence-electron chi connectivity index (χ3n) is 4.94. The fourth-order valence-corrected chi connectivity index (χ4v) is 5.63. The average Bonchev–Trinajstić information content (AvgIpc) is 2.73. The van der Waals surface area contributed by atoms with E-state index in [9.17, 15) is 21.6 Å². The lowest BCUT2D eigenvalue weighted by Crippen LogP contribution is -2.48. The van der Waals surface area contributed by atoms with Crippen molar-refractivity contribution in [2.75, 3.05) is 43.9 Å². The Morgan fingerprint density at radius 1 is 1.08 bits per heavy atom. The molecule has 9 heteroatoms. The lowest BCUT2D eigenvalue weighted by molar-refractivity contribution is -0.919. The van der Waals surface area contributed by atoms with Crippen LogP contribution in [0.5, 0.6) is 0 Å². The molecule has 0 radical (unpaired) electrons. The molecule has 142 valence electrons. The first kappa shape index (κ1) is 21.5. The zero-order chi connectivity index (χ0) is 18.4. The molecule has 0 spiro atoms. The first-order valence-corrected chi connectivity index (χ1v) is 12.1. The van der Waals surface area contributed by atoms with E-state index in [1.807, 2.05) is 6.92 Å². The van der Waals surface area contributed by atoms with Crippen LogP contribution in [0, 0.1) is 11.8 Å². The molecule has 24 heavy (non-hydrogen) atoms. The molecule has 1 aliphatic rings. The van der Waals surface area contributed by atoms with Gasteiger partial charge in [-0.25, -0.2) is 8.42 Å². The first-order chi connectivity index (χ1) is 11.0. The summed E-state index contributed by atoms with van der Waals surface area (Å²) in [7, 11) is -7.06. The molecule has 3 atom stereocenters. The van der Waals surface area contributed by atoms with E-state index in [-0.39, 0.29) is 23.3 Å². The summed E-state index contributed by atoms with van der Waals surface area (Å²) in [6.07, 6.45) is 4.49. The highest BCUT2D eigenvalue weighted by Gasteiger charge is 2.44. The van der Waals surface area contributed by atoms with Crippen LogP contribution in [0.3, 0.4) is 0 Å². The van der Waals surface area contributed by atoms with Crippen LogP contribution in [-0.4, -0.2) is 76.1 Å². The Bertz CT molecular complexity index is 616. The monoisotopic (exact) mass is 384 g/mol. The number of hydrogen-bond donors (Lipinski definition) is 1. The van der Waals surface area contributed by atoms with Gasteiger partial charge in [0.05, 0.1) is 37.7 Å². The summed E-state index contributed by atoms with van der Waals surface area (Å²) in [5.74, 6) is 0.208. The van der Waals surface area contributed by atoms with Crippen LogP contribution < -0.4 is 0 Å². The van der Waals surface area contributed by atoms with Gasteiger partial charge in [0.15, 0.2) is 0 Å². The molecule has 0 aromatic carbocycles. The third kappa shape index (κ3) is 7.58. The van der Waals surface area contributed by atoms with E-state index >= 15 is 0 Å². The van der Waals surface area contributed by atoms with Crippen LogP contribution in [-0.2, 0) is 24.7 Å². The van der Waals surface area contributed by atoms with E-state index in [0.29, 0.717) is 36.8 Å². The minimum atomic E-state index is -3.99. The number of rotatable bonds is 11. The Labute approximate surface area is 145 Å². The van der Waals surface area contributed by atoms with Gasteiger partial charge in [-0.15, -0.1) is 0 Å². The number of aldehydes is 1. The van der Waals surface area contributed by atoms with Crippen molar-refractivity contribution in [3.8, 4) is 0 Å². The van der Waals surface area contributed by atoms with E-state index < -0.39 is 20.0 Å². The molecule has 1 saturated heterocycles. The summed E-state index contributed by atoms with van der Waals surface area (Å²) >= 11 is 0. The van der Waals surface area contributed by atoms with Gasteiger partial charge in [-0.1, -0.05) is 6.92 Å². The van der Waals surface area contributed by atoms with Gasteiger partial charge in [-0.3, -0.25) is 4.55 Å². The topological polar surface area (TPSA) is 106 Å². The van der Waals surface area contributed by atoms with Crippen molar-refractivity contribution in [2.45, 2.75) is 32.6 Å². The molecule has 0 amide bonds. The van der Waals surface area contributed by atoms with Gasteiger partial charge in [0.25, 0.3) is 10.1 Å². The molecule has 0 aromatic heterocycles. The number of nitrogens with zero attached hydrogens (tertiary/aromatic N) is 1. The van der Waals surface area contributed by atoms with E-state index in [1.165, 1.54) is 6.26 Å². The Morgan fingerprint density at radius 2 is 1.67 bits per heavy atom. The molecule has 1 N–H and O–H groups in total. The number of likely N-dealkylation sites (tertiary alicyclic amines) is 1. The number of carbonyl (C=O) groups excluding carboxylic acids is 1. The molecule has 1 fully saturated rings. The highest BCUT2D eigenvalue weighted by Crippen LogP contribution is 2.34. The quantitative estimate of drug-likeness (QED) is 0.244. The molecule has 3 unspecified atom stereocenters. The predicted octanol–water partition coefficient (Wildman–Crippen LogP) is 0.761. The average molecular weight is 385 g/mol. The smallest absolute Gasteiger partial charge is 0.265 e. The Hall–Kier alpha value is -0.510. The van der Waals surface area contributed by atoms with Gasteiger partial charge in [0, 0.05) is 37.4 Å². The summed E-state index contributed by atoms with van der Waals surface area (Å²) in [5, 5.41) is 0. The highest BCUT2D eigenvalue weighted by atomic mass is 32.2. The molecule has 1 heterocycles. The number of unbranched alkanes of at least 4 members (excludes halogenated alkanes) is 1. The highest BCUT2D eigenvalue weighted by molar-refractivity contribution is 7.90. The fourth-order valence-electron chi connectivity index (χ4n) is 3.98. The Kier molecular flexibility index (Phi) is 7.83. The van der Waals surface area contributed by atoms with Crippen molar-refractivity contribution in [2.24, 2.45) is 11.8 Å². The maximum Gasteiger partial charge on any atom is 0.265 e. The van der Waals surface area contributed by atoms with Crippen molar-refractivity contribution < 1.29 is 30.7 Å². The van der Waals surface area contributed by atoms with Crippen LogP contribution in [0.4, 0.5) is 0 Å². The molecule has 0 aromatic rings. The summed E-state index contributed by atoms with van der Waals surface area (Å²) in [6.45, 7) is 4.86. The van der Waals surface area contributed by atoms with E-state index in [4.69, 9.17) is 4.55 Å². The van der Waals surface area contributed by atoms with Crippen molar-refractivity contribution in [3.63, 3.8) is 0 Å². The molecular formula is C15H30NO6S2+. The zero-order valence-corrected chi connectivity index (χ0v) is 16.2. The van der Waals surface area contributed by atoms with Gasteiger partial charge < -0.3 is 9.28 Å². The maximum atomic E-state index is 11.7. The summed E-state index contributed by atoms with van der Waals surface area (Å²) < 4.78 is 54.9. The minimum Gasteiger partial charge on any atom is -0.323 e. The van der Waals surface area contributed by atoms with Crippen molar-refractivity contribution in [3.05, 3.63) is 0 Å². The van der Waals surface area contributed by atoms with Crippen LogP contribution >= 0.6 is 0 Å². The SMILES string of the molecule is CCC1C[N+](CCCC=O)(CCCS(=O)(=O)O)CC1CS(C)(=O)=O. The standard InChI is InChI=1S/C15H29NO6S2/c1-3-14-11-16(7-4-5-9-17,8-6-10-24(20,21)22)12-15(14)13-23(2,18)19/h9,14-15H,3-8,10-13H2,1-2H3/p+1. The first-order valence-electron chi connectivity index (χ1n) is 8.42. The molecule has 0 aliphatic carbocycles. The van der Waals surface area contributed by atoms with Gasteiger partial charge in [0.1, 0.15) is 16.1 Å². The van der Waals surface area contributed by atoms with Crippen LogP contribution in [0.1, 0.15) is 32.6 Å². The minimum absolute atomic E-state index is 0.0620. The fraction of sp³-hybridized carbons (Fsp3) is 0.933. The number of sulfone groups is 1. The molecule has 1 rings (SSSR count). The number of carbonyl (C=O) groups is 1. The van der Waals surface area contributed by atoms with Crippen molar-refractivity contribution in [1.82, 2.24) is 0 Å². The van der Waals surface area contributed by atoms with Gasteiger partial charge in [-0.05, 0) is 6.42 Å². The third-order valence-corrected chi connectivity index (χ3v) is 6.78. The normalized spacial score (nSPS) is 28.1.